The summed E-state index contributed by atoms with van der Waals surface area (Å²) in [6.45, 7) is 5.95. The van der Waals surface area contributed by atoms with Crippen molar-refractivity contribution < 1.29 is 44.1 Å². The molecule has 12 heteroatoms. The van der Waals surface area contributed by atoms with Gasteiger partial charge in [-0.1, -0.05) is 87.5 Å². The Kier molecular flexibility index (Phi) is 9.55. The molecule has 4 rings (SSSR count). The first kappa shape index (κ1) is 32.5. The number of benzene rings is 4. The van der Waals surface area contributed by atoms with Gasteiger partial charge in [-0.3, -0.25) is 0 Å². The molecule has 0 bridgehead atoms. The minimum absolute atomic E-state index is 0.0172. The third-order valence-corrected chi connectivity index (χ3v) is 13.0. The van der Waals surface area contributed by atoms with Crippen LogP contribution in [0.1, 0.15) is 26.3 Å². The lowest BCUT2D eigenvalue weighted by molar-refractivity contribution is -0.0499. The molecule has 0 saturated heterocycles. The molecule has 4 aromatic carbocycles. The average Bonchev–Trinajstić information content (AvgIpc) is 2.94. The molecule has 0 amide bonds. The van der Waals surface area contributed by atoms with Gasteiger partial charge in [0.05, 0.1) is 0 Å². The van der Waals surface area contributed by atoms with Crippen LogP contribution in [0.25, 0.3) is 10.8 Å². The second-order valence-electron chi connectivity index (χ2n) is 10.8. The topological polar surface area (TPSA) is 71.1 Å². The first-order chi connectivity index (χ1) is 20.2. The lowest BCUT2D eigenvalue weighted by Gasteiger charge is -2.43. The van der Waals surface area contributed by atoms with Crippen molar-refractivity contribution >= 4 is 39.6 Å². The molecule has 0 spiro atoms. The van der Waals surface area contributed by atoms with Gasteiger partial charge < -0.3 is 18.1 Å². The third kappa shape index (κ3) is 6.72. The number of fused-ring (bicyclic) bond motifs is 1. The normalized spacial score (nSPS) is 12.8. The zero-order valence-electron chi connectivity index (χ0n) is 24.1. The molecular formula is C31H32F4O6SSi. The highest BCUT2D eigenvalue weighted by Crippen LogP contribution is 2.40. The average molecular weight is 637 g/mol. The van der Waals surface area contributed by atoms with Gasteiger partial charge in [0.1, 0.15) is 11.6 Å². The van der Waals surface area contributed by atoms with Gasteiger partial charge >= 0.3 is 15.6 Å². The Labute approximate surface area is 249 Å². The van der Waals surface area contributed by atoms with E-state index in [-0.39, 0.29) is 46.9 Å². The molecule has 43 heavy (non-hydrogen) atoms. The van der Waals surface area contributed by atoms with Gasteiger partial charge in [-0.25, -0.2) is 4.39 Å². The number of halogens is 4. The second kappa shape index (κ2) is 12.6. The van der Waals surface area contributed by atoms with E-state index in [0.717, 1.165) is 22.5 Å². The lowest BCUT2D eigenvalue weighted by Crippen LogP contribution is -2.66. The molecular weight excluding hydrogens is 604 g/mol. The number of rotatable bonds is 11. The second-order valence-corrected chi connectivity index (χ2v) is 16.7. The van der Waals surface area contributed by atoms with Crippen LogP contribution in [-0.4, -0.2) is 42.8 Å². The maximum Gasteiger partial charge on any atom is 0.534 e. The molecule has 0 heterocycles. The number of hydrogen-bond donors (Lipinski definition) is 0. The van der Waals surface area contributed by atoms with Crippen molar-refractivity contribution in [3.05, 3.63) is 96.3 Å². The van der Waals surface area contributed by atoms with Gasteiger partial charge in [0.25, 0.3) is 8.32 Å². The highest BCUT2D eigenvalue weighted by atomic mass is 32.2. The Hall–Kier alpha value is -3.45. The fourth-order valence-corrected chi connectivity index (χ4v) is 10.2. The molecule has 0 unspecified atom stereocenters. The number of hydrogen-bond acceptors (Lipinski definition) is 6. The first-order valence-corrected chi connectivity index (χ1v) is 16.7. The Morgan fingerprint density at radius 1 is 0.837 bits per heavy atom. The summed E-state index contributed by atoms with van der Waals surface area (Å²) in [7, 11) is -7.76. The molecule has 0 aliphatic heterocycles. The van der Waals surface area contributed by atoms with Gasteiger partial charge in [-0.05, 0) is 39.4 Å². The van der Waals surface area contributed by atoms with E-state index in [1.165, 1.54) is 19.2 Å². The Balaban J connectivity index is 1.82. The minimum Gasteiger partial charge on any atom is -0.467 e. The maximum atomic E-state index is 15.4. The third-order valence-electron chi connectivity index (χ3n) is 7.02. The van der Waals surface area contributed by atoms with Crippen molar-refractivity contribution in [2.24, 2.45) is 0 Å². The van der Waals surface area contributed by atoms with E-state index < -0.39 is 35.5 Å². The van der Waals surface area contributed by atoms with Crippen molar-refractivity contribution in [1.82, 2.24) is 0 Å². The van der Waals surface area contributed by atoms with Crippen LogP contribution >= 0.6 is 0 Å². The van der Waals surface area contributed by atoms with Crippen molar-refractivity contribution in [1.29, 1.82) is 0 Å². The molecule has 0 radical (unpaired) electrons. The van der Waals surface area contributed by atoms with Crippen LogP contribution in [0.2, 0.25) is 5.04 Å². The zero-order valence-corrected chi connectivity index (χ0v) is 25.9. The molecule has 0 aliphatic rings. The standard InChI is InChI=1S/C31H32F4O6SSi/c1-30(2,3)43(24-11-7-5-8-12-24,25-13-9-6-10-14-25)40-18-17-26-27(32)16-15-22-19-23(39-21-38-4)20-28(29(22)26)41-42(36,37)31(33,34)35/h5-16,19-20H,17-18,21H2,1-4H3. The van der Waals surface area contributed by atoms with Crippen LogP contribution in [0.15, 0.2) is 84.9 Å². The summed E-state index contributed by atoms with van der Waals surface area (Å²) in [5, 5.41) is 1.68. The SMILES string of the molecule is COCOc1cc(OS(=O)(=O)C(F)(F)F)c2c(CCO[Si](c3ccccc3)(c3ccccc3)C(C)(C)C)c(F)ccc2c1. The molecule has 0 saturated carbocycles. The molecule has 0 aromatic heterocycles. The van der Waals surface area contributed by atoms with E-state index in [9.17, 15) is 21.6 Å². The Morgan fingerprint density at radius 3 is 1.93 bits per heavy atom. The van der Waals surface area contributed by atoms with Crippen molar-refractivity contribution in [2.45, 2.75) is 37.7 Å². The van der Waals surface area contributed by atoms with Gasteiger partial charge in [-0.2, -0.15) is 21.6 Å². The molecule has 230 valence electrons. The highest BCUT2D eigenvalue weighted by Gasteiger charge is 2.50. The molecule has 4 aromatic rings. The van der Waals surface area contributed by atoms with Crippen LogP contribution < -0.4 is 19.3 Å². The van der Waals surface area contributed by atoms with E-state index in [1.807, 2.05) is 60.7 Å². The van der Waals surface area contributed by atoms with Gasteiger partial charge in [0, 0.05) is 30.7 Å². The van der Waals surface area contributed by atoms with Gasteiger partial charge in [0.15, 0.2) is 12.5 Å². The van der Waals surface area contributed by atoms with E-state index >= 15 is 4.39 Å². The van der Waals surface area contributed by atoms with E-state index in [0.29, 0.717) is 0 Å². The molecule has 0 fully saturated rings. The van der Waals surface area contributed by atoms with Crippen LogP contribution in [0.5, 0.6) is 11.5 Å². The lowest BCUT2D eigenvalue weighted by atomic mass is 10.0. The quantitative estimate of drug-likeness (QED) is 0.0632. The summed E-state index contributed by atoms with van der Waals surface area (Å²) in [5.41, 5.74) is -5.76. The largest absolute Gasteiger partial charge is 0.534 e. The molecule has 0 aliphatic carbocycles. The molecule has 0 atom stereocenters. The van der Waals surface area contributed by atoms with Crippen LogP contribution in [-0.2, 0) is 25.7 Å². The molecule has 6 nitrogen and oxygen atoms in total. The number of ether oxygens (including phenoxy) is 2. The van der Waals surface area contributed by atoms with Crippen molar-refractivity contribution in [3.63, 3.8) is 0 Å². The summed E-state index contributed by atoms with van der Waals surface area (Å²) >= 11 is 0. The Bertz CT molecular complexity index is 1620. The zero-order chi connectivity index (χ0) is 31.5. The fraction of sp³-hybridized carbons (Fsp3) is 0.290. The van der Waals surface area contributed by atoms with E-state index in [2.05, 4.69) is 25.0 Å². The summed E-state index contributed by atoms with van der Waals surface area (Å²) in [6.07, 6.45) is -0.0889. The number of alkyl halides is 3. The van der Waals surface area contributed by atoms with Crippen LogP contribution in [0.3, 0.4) is 0 Å². The summed E-state index contributed by atoms with van der Waals surface area (Å²) in [6, 6.07) is 24.4. The first-order valence-electron chi connectivity index (χ1n) is 13.3. The Morgan fingerprint density at radius 2 is 1.42 bits per heavy atom. The summed E-state index contributed by atoms with van der Waals surface area (Å²) < 4.78 is 101. The summed E-state index contributed by atoms with van der Waals surface area (Å²) in [5.74, 6) is -1.50. The maximum absolute atomic E-state index is 15.4. The van der Waals surface area contributed by atoms with Crippen LogP contribution in [0.4, 0.5) is 17.6 Å². The van der Waals surface area contributed by atoms with Crippen molar-refractivity contribution in [3.8, 4) is 11.5 Å². The van der Waals surface area contributed by atoms with E-state index in [4.69, 9.17) is 13.9 Å². The monoisotopic (exact) mass is 636 g/mol. The minimum atomic E-state index is -6.08. The number of methoxy groups -OCH3 is 1. The summed E-state index contributed by atoms with van der Waals surface area (Å²) in [4.78, 5) is 0. The molecule has 0 N–H and O–H groups in total. The predicted octanol–water partition coefficient (Wildman–Crippen LogP) is 6.31. The van der Waals surface area contributed by atoms with Crippen molar-refractivity contribution in [2.75, 3.05) is 20.5 Å². The predicted molar refractivity (Wildman–Crippen MR) is 159 cm³/mol. The van der Waals surface area contributed by atoms with Gasteiger partial charge in [-0.15, -0.1) is 0 Å². The van der Waals surface area contributed by atoms with E-state index in [1.54, 1.807) is 0 Å². The smallest absolute Gasteiger partial charge is 0.467 e. The van der Waals surface area contributed by atoms with Crippen LogP contribution in [0, 0.1) is 5.82 Å². The highest BCUT2D eigenvalue weighted by molar-refractivity contribution is 7.88. The fourth-order valence-electron chi connectivity index (χ4n) is 5.20. The van der Waals surface area contributed by atoms with Gasteiger partial charge in [0.2, 0.25) is 0 Å².